The van der Waals surface area contributed by atoms with E-state index in [9.17, 15) is 9.90 Å². The number of ether oxygens (including phenoxy) is 2. The predicted octanol–water partition coefficient (Wildman–Crippen LogP) is 5.95. The quantitative estimate of drug-likeness (QED) is 0.359. The van der Waals surface area contributed by atoms with Crippen molar-refractivity contribution in [2.75, 3.05) is 18.1 Å². The number of nitrogens with zero attached hydrogens (tertiary/aromatic N) is 2. The lowest BCUT2D eigenvalue weighted by molar-refractivity contribution is 0.0977. The van der Waals surface area contributed by atoms with Crippen molar-refractivity contribution in [1.29, 1.82) is 5.26 Å². The summed E-state index contributed by atoms with van der Waals surface area (Å²) in [6.07, 6.45) is 2.64. The molecular formula is C28H30N2O4. The summed E-state index contributed by atoms with van der Waals surface area (Å²) in [4.78, 5) is 14.9. The van der Waals surface area contributed by atoms with Gasteiger partial charge in [0, 0.05) is 11.7 Å². The average Bonchev–Trinajstić information content (AvgIpc) is 2.85. The monoisotopic (exact) mass is 458 g/mol. The minimum Gasteiger partial charge on any atom is -0.507 e. The average molecular weight is 459 g/mol. The van der Waals surface area contributed by atoms with Crippen molar-refractivity contribution in [2.45, 2.75) is 39.2 Å². The maximum Gasteiger partial charge on any atom is 0.262 e. The Morgan fingerprint density at radius 2 is 1.53 bits per heavy atom. The van der Waals surface area contributed by atoms with Gasteiger partial charge < -0.3 is 19.5 Å². The Morgan fingerprint density at radius 3 is 2.15 bits per heavy atom. The zero-order valence-electron chi connectivity index (χ0n) is 19.6. The van der Waals surface area contributed by atoms with Gasteiger partial charge in [0.2, 0.25) is 0 Å². The number of amides is 1. The van der Waals surface area contributed by atoms with E-state index in [1.165, 1.54) is 6.07 Å². The lowest BCUT2D eigenvalue weighted by Gasteiger charge is -2.27. The Morgan fingerprint density at radius 1 is 0.912 bits per heavy atom. The molecule has 0 heterocycles. The number of hydrogen-bond donors (Lipinski definition) is 1. The van der Waals surface area contributed by atoms with Gasteiger partial charge in [-0.1, -0.05) is 18.2 Å². The fourth-order valence-corrected chi connectivity index (χ4v) is 3.53. The lowest BCUT2D eigenvalue weighted by atomic mass is 10.1. The molecule has 0 aliphatic rings. The van der Waals surface area contributed by atoms with Crippen LogP contribution in [-0.2, 0) is 0 Å². The number of benzene rings is 3. The number of aromatic hydroxyl groups is 1. The fourth-order valence-electron chi connectivity index (χ4n) is 3.53. The summed E-state index contributed by atoms with van der Waals surface area (Å²) in [6.45, 7) is 4.97. The molecule has 6 nitrogen and oxygen atoms in total. The third-order valence-electron chi connectivity index (χ3n) is 5.28. The molecule has 0 saturated carbocycles. The summed E-state index contributed by atoms with van der Waals surface area (Å²) in [5, 5.41) is 19.2. The number of phenolic OH excluding ortho intramolecular Hbond substituents is 1. The molecule has 0 spiro atoms. The lowest BCUT2D eigenvalue weighted by Crippen LogP contribution is -2.37. The summed E-state index contributed by atoms with van der Waals surface area (Å²) in [5.74, 6) is 0.956. The number of phenols is 1. The van der Waals surface area contributed by atoms with E-state index in [2.05, 4.69) is 6.07 Å². The van der Waals surface area contributed by atoms with Crippen LogP contribution in [0, 0.1) is 11.3 Å². The standard InChI is InChI=1S/C28H30N2O4/c1-21(2)30(23-9-5-3-6-10-23)28(32)26-19-25(15-16-27(26)31)34-18-8-4-7-17-33-24-13-11-22(20-29)12-14-24/h3,5-6,9-16,19,21,31H,4,7-8,17-18H2,1-2H3. The highest BCUT2D eigenvalue weighted by molar-refractivity contribution is 6.08. The molecule has 0 aliphatic carbocycles. The van der Waals surface area contributed by atoms with Gasteiger partial charge in [0.15, 0.2) is 0 Å². The molecule has 0 atom stereocenters. The van der Waals surface area contributed by atoms with E-state index in [0.29, 0.717) is 24.5 Å². The molecule has 0 saturated heterocycles. The number of nitriles is 1. The maximum atomic E-state index is 13.2. The van der Waals surface area contributed by atoms with Crippen molar-refractivity contribution in [3.8, 4) is 23.3 Å². The van der Waals surface area contributed by atoms with Gasteiger partial charge in [0.1, 0.15) is 17.2 Å². The van der Waals surface area contributed by atoms with Crippen LogP contribution in [0.4, 0.5) is 5.69 Å². The zero-order valence-corrected chi connectivity index (χ0v) is 19.6. The third kappa shape index (κ3) is 6.76. The first-order valence-electron chi connectivity index (χ1n) is 11.5. The number of para-hydroxylation sites is 1. The van der Waals surface area contributed by atoms with Gasteiger partial charge in [-0.15, -0.1) is 0 Å². The van der Waals surface area contributed by atoms with Crippen molar-refractivity contribution >= 4 is 11.6 Å². The van der Waals surface area contributed by atoms with E-state index in [1.54, 1.807) is 41.3 Å². The summed E-state index contributed by atoms with van der Waals surface area (Å²) in [5.41, 5.74) is 1.60. The van der Waals surface area contributed by atoms with Crippen molar-refractivity contribution in [3.05, 3.63) is 83.9 Å². The molecule has 0 unspecified atom stereocenters. The molecule has 3 rings (SSSR count). The van der Waals surface area contributed by atoms with Crippen LogP contribution in [-0.4, -0.2) is 30.3 Å². The molecule has 3 aromatic carbocycles. The van der Waals surface area contributed by atoms with Crippen molar-refractivity contribution in [3.63, 3.8) is 0 Å². The summed E-state index contributed by atoms with van der Waals surface area (Å²) in [6, 6.07) is 23.3. The Bertz CT molecular complexity index is 1110. The molecule has 6 heteroatoms. The predicted molar refractivity (Wildman–Crippen MR) is 132 cm³/mol. The number of carbonyl (C=O) groups excluding carboxylic acids is 1. The minimum atomic E-state index is -0.274. The molecule has 0 radical (unpaired) electrons. The highest BCUT2D eigenvalue weighted by Crippen LogP contribution is 2.28. The molecule has 0 bridgehead atoms. The van der Waals surface area contributed by atoms with Crippen molar-refractivity contribution < 1.29 is 19.4 Å². The van der Waals surface area contributed by atoms with Gasteiger partial charge in [-0.25, -0.2) is 0 Å². The Balaban J connectivity index is 1.48. The number of anilines is 1. The third-order valence-corrected chi connectivity index (χ3v) is 5.28. The van der Waals surface area contributed by atoms with Crippen LogP contribution in [0.2, 0.25) is 0 Å². The van der Waals surface area contributed by atoms with Crippen LogP contribution >= 0.6 is 0 Å². The van der Waals surface area contributed by atoms with Crippen molar-refractivity contribution in [1.82, 2.24) is 0 Å². The molecule has 1 amide bonds. The highest BCUT2D eigenvalue weighted by atomic mass is 16.5. The van der Waals surface area contributed by atoms with E-state index in [1.807, 2.05) is 44.2 Å². The number of unbranched alkanes of at least 4 members (excludes halogenated alkanes) is 2. The minimum absolute atomic E-state index is 0.0705. The van der Waals surface area contributed by atoms with E-state index >= 15 is 0 Å². The molecule has 34 heavy (non-hydrogen) atoms. The van der Waals surface area contributed by atoms with Crippen LogP contribution < -0.4 is 14.4 Å². The summed E-state index contributed by atoms with van der Waals surface area (Å²) in [7, 11) is 0. The Kier molecular flexibility index (Phi) is 8.93. The molecule has 3 aromatic rings. The first kappa shape index (κ1) is 24.7. The largest absolute Gasteiger partial charge is 0.507 e. The molecular weight excluding hydrogens is 428 g/mol. The Hall–Kier alpha value is -3.98. The van der Waals surface area contributed by atoms with Gasteiger partial charge in [-0.05, 0) is 87.7 Å². The normalized spacial score (nSPS) is 10.5. The van der Waals surface area contributed by atoms with E-state index < -0.39 is 0 Å². The Labute approximate surface area is 201 Å². The summed E-state index contributed by atoms with van der Waals surface area (Å²) >= 11 is 0. The number of carbonyl (C=O) groups is 1. The second-order valence-electron chi connectivity index (χ2n) is 8.18. The second kappa shape index (κ2) is 12.3. The first-order valence-corrected chi connectivity index (χ1v) is 11.5. The smallest absolute Gasteiger partial charge is 0.262 e. The van der Waals surface area contributed by atoms with Gasteiger partial charge in [0.25, 0.3) is 5.91 Å². The van der Waals surface area contributed by atoms with Gasteiger partial charge in [-0.3, -0.25) is 4.79 Å². The topological polar surface area (TPSA) is 82.8 Å². The SMILES string of the molecule is CC(C)N(C(=O)c1cc(OCCCCCOc2ccc(C#N)cc2)ccc1O)c1ccccc1. The van der Waals surface area contributed by atoms with Crippen LogP contribution in [0.3, 0.4) is 0 Å². The van der Waals surface area contributed by atoms with Crippen LogP contribution in [0.5, 0.6) is 17.2 Å². The van der Waals surface area contributed by atoms with E-state index in [-0.39, 0.29) is 23.3 Å². The maximum absolute atomic E-state index is 13.2. The van der Waals surface area contributed by atoms with E-state index in [0.717, 1.165) is 30.7 Å². The number of rotatable bonds is 11. The zero-order chi connectivity index (χ0) is 24.3. The summed E-state index contributed by atoms with van der Waals surface area (Å²) < 4.78 is 11.5. The van der Waals surface area contributed by atoms with Crippen LogP contribution in [0.15, 0.2) is 72.8 Å². The van der Waals surface area contributed by atoms with Gasteiger partial charge >= 0.3 is 0 Å². The molecule has 0 aromatic heterocycles. The highest BCUT2D eigenvalue weighted by Gasteiger charge is 2.23. The van der Waals surface area contributed by atoms with Crippen LogP contribution in [0.1, 0.15) is 49.0 Å². The number of hydrogen-bond acceptors (Lipinski definition) is 5. The van der Waals surface area contributed by atoms with Gasteiger partial charge in [0.05, 0.1) is 30.4 Å². The molecule has 0 aliphatic heterocycles. The van der Waals surface area contributed by atoms with Crippen molar-refractivity contribution in [2.24, 2.45) is 0 Å². The first-order chi connectivity index (χ1) is 16.5. The molecule has 176 valence electrons. The van der Waals surface area contributed by atoms with Gasteiger partial charge in [-0.2, -0.15) is 5.26 Å². The van der Waals surface area contributed by atoms with Crippen LogP contribution in [0.25, 0.3) is 0 Å². The molecule has 1 N–H and O–H groups in total. The molecule has 0 fully saturated rings. The van der Waals surface area contributed by atoms with E-state index in [4.69, 9.17) is 14.7 Å². The fraction of sp³-hybridized carbons (Fsp3) is 0.286. The second-order valence-corrected chi connectivity index (χ2v) is 8.18.